The maximum atomic E-state index is 12.5. The molecule has 3 heterocycles. The first-order chi connectivity index (χ1) is 15.6. The predicted octanol–water partition coefficient (Wildman–Crippen LogP) is 4.72. The molecular weight excluding hydrogens is 400 g/mol. The fourth-order valence-electron chi connectivity index (χ4n) is 4.12. The molecule has 0 radical (unpaired) electrons. The van der Waals surface area contributed by atoms with Gasteiger partial charge in [0.2, 0.25) is 11.9 Å². The number of hydrogen-bond acceptors (Lipinski definition) is 5. The normalized spacial score (nSPS) is 13.5. The molecule has 7 heteroatoms. The van der Waals surface area contributed by atoms with Crippen LogP contribution in [0.25, 0.3) is 10.9 Å². The van der Waals surface area contributed by atoms with E-state index < -0.39 is 0 Å². The highest BCUT2D eigenvalue weighted by molar-refractivity contribution is 5.92. The van der Waals surface area contributed by atoms with Crippen molar-refractivity contribution in [3.63, 3.8) is 0 Å². The summed E-state index contributed by atoms with van der Waals surface area (Å²) in [4.78, 5) is 24.0. The van der Waals surface area contributed by atoms with Crippen molar-refractivity contribution in [2.75, 3.05) is 28.6 Å². The third-order valence-electron chi connectivity index (χ3n) is 5.69. The molecule has 0 aliphatic carbocycles. The van der Waals surface area contributed by atoms with E-state index in [0.29, 0.717) is 5.95 Å². The zero-order chi connectivity index (χ0) is 21.9. The molecule has 1 amide bonds. The van der Waals surface area contributed by atoms with Crippen LogP contribution in [-0.2, 0) is 11.3 Å². The molecule has 162 valence electrons. The Kier molecular flexibility index (Phi) is 5.46. The predicted molar refractivity (Wildman–Crippen MR) is 129 cm³/mol. The number of fused-ring (bicyclic) bond motifs is 1. The highest BCUT2D eigenvalue weighted by atomic mass is 16.1. The van der Waals surface area contributed by atoms with Gasteiger partial charge in [-0.3, -0.25) is 4.79 Å². The first-order valence-electron chi connectivity index (χ1n) is 11.0. The van der Waals surface area contributed by atoms with Crippen molar-refractivity contribution in [1.82, 2.24) is 14.5 Å². The highest BCUT2D eigenvalue weighted by Crippen LogP contribution is 2.22. The summed E-state index contributed by atoms with van der Waals surface area (Å²) in [5, 5.41) is 7.37. The van der Waals surface area contributed by atoms with E-state index in [9.17, 15) is 4.79 Å². The van der Waals surface area contributed by atoms with Gasteiger partial charge in [-0.05, 0) is 61.5 Å². The molecule has 0 saturated carbocycles. The van der Waals surface area contributed by atoms with Crippen molar-refractivity contribution in [2.45, 2.75) is 26.3 Å². The molecule has 1 aliphatic heterocycles. The molecule has 0 unspecified atom stereocenters. The van der Waals surface area contributed by atoms with Gasteiger partial charge in [0.1, 0.15) is 12.4 Å². The number of hydrogen-bond donors (Lipinski definition) is 2. The molecule has 1 aliphatic rings. The molecule has 1 saturated heterocycles. The van der Waals surface area contributed by atoms with E-state index >= 15 is 0 Å². The summed E-state index contributed by atoms with van der Waals surface area (Å²) in [6.07, 6.45) is 4.36. The van der Waals surface area contributed by atoms with Gasteiger partial charge in [0.25, 0.3) is 0 Å². The number of anilines is 4. The Labute approximate surface area is 187 Å². The number of aryl methyl sites for hydroxylation is 1. The number of nitrogens with one attached hydrogen (secondary N) is 2. The Morgan fingerprint density at radius 2 is 1.72 bits per heavy atom. The molecule has 2 aromatic carbocycles. The van der Waals surface area contributed by atoms with Crippen molar-refractivity contribution in [3.05, 3.63) is 72.6 Å². The van der Waals surface area contributed by atoms with Crippen LogP contribution in [0.5, 0.6) is 0 Å². The molecule has 4 aromatic rings. The van der Waals surface area contributed by atoms with Gasteiger partial charge in [-0.2, -0.15) is 4.98 Å². The minimum Gasteiger partial charge on any atom is -0.356 e. The lowest BCUT2D eigenvalue weighted by Gasteiger charge is -2.17. The quantitative estimate of drug-likeness (QED) is 0.467. The fraction of sp³-hybridized carbons (Fsp3) is 0.240. The third kappa shape index (κ3) is 4.42. The minimum atomic E-state index is -0.0654. The standard InChI is InChI=1S/C25H26N6O/c1-18-16-23(30-13-4-5-14-30)29-25(26-18)28-21-10-8-20(9-11-21)27-24(32)17-31-15-12-19-6-2-3-7-22(19)31/h2-3,6-12,15-16H,4-5,13-14,17H2,1H3,(H,27,32)(H,26,28,29). The molecule has 1 fully saturated rings. The minimum absolute atomic E-state index is 0.0654. The summed E-state index contributed by atoms with van der Waals surface area (Å²) >= 11 is 0. The molecule has 0 bridgehead atoms. The first kappa shape index (κ1) is 20.1. The van der Waals surface area contributed by atoms with E-state index in [1.54, 1.807) is 0 Å². The van der Waals surface area contributed by atoms with E-state index in [-0.39, 0.29) is 12.5 Å². The van der Waals surface area contributed by atoms with Crippen molar-refractivity contribution >= 4 is 40.0 Å². The van der Waals surface area contributed by atoms with E-state index in [0.717, 1.165) is 46.9 Å². The van der Waals surface area contributed by atoms with Crippen LogP contribution >= 0.6 is 0 Å². The maximum Gasteiger partial charge on any atom is 0.244 e. The number of benzene rings is 2. The number of nitrogens with zero attached hydrogens (tertiary/aromatic N) is 4. The van der Waals surface area contributed by atoms with Gasteiger partial charge in [0.05, 0.1) is 0 Å². The van der Waals surface area contributed by atoms with E-state index in [4.69, 9.17) is 0 Å². The monoisotopic (exact) mass is 426 g/mol. The third-order valence-corrected chi connectivity index (χ3v) is 5.69. The lowest BCUT2D eigenvalue weighted by Crippen LogP contribution is -2.19. The van der Waals surface area contributed by atoms with E-state index in [2.05, 4.69) is 25.5 Å². The van der Waals surface area contributed by atoms with Crippen LogP contribution in [0.4, 0.5) is 23.1 Å². The van der Waals surface area contributed by atoms with Gasteiger partial charge in [-0.25, -0.2) is 4.98 Å². The summed E-state index contributed by atoms with van der Waals surface area (Å²) < 4.78 is 1.95. The van der Waals surface area contributed by atoms with Gasteiger partial charge < -0.3 is 20.1 Å². The zero-order valence-corrected chi connectivity index (χ0v) is 18.1. The molecule has 0 spiro atoms. The Morgan fingerprint density at radius 1 is 0.969 bits per heavy atom. The fourth-order valence-corrected chi connectivity index (χ4v) is 4.12. The van der Waals surface area contributed by atoms with Gasteiger partial charge in [0, 0.05) is 47.9 Å². The average Bonchev–Trinajstić information content (AvgIpc) is 3.46. The summed E-state index contributed by atoms with van der Waals surface area (Å²) in [7, 11) is 0. The molecule has 5 rings (SSSR count). The molecular formula is C25H26N6O. The van der Waals surface area contributed by atoms with Crippen LogP contribution in [0.1, 0.15) is 18.5 Å². The van der Waals surface area contributed by atoms with Crippen molar-refractivity contribution < 1.29 is 4.79 Å². The highest BCUT2D eigenvalue weighted by Gasteiger charge is 2.15. The van der Waals surface area contributed by atoms with Crippen molar-refractivity contribution in [3.8, 4) is 0 Å². The smallest absolute Gasteiger partial charge is 0.244 e. The summed E-state index contributed by atoms with van der Waals surface area (Å²) in [5.74, 6) is 1.49. The second-order valence-corrected chi connectivity index (χ2v) is 8.14. The molecule has 7 nitrogen and oxygen atoms in total. The van der Waals surface area contributed by atoms with Gasteiger partial charge in [-0.1, -0.05) is 18.2 Å². The first-order valence-corrected chi connectivity index (χ1v) is 11.0. The largest absolute Gasteiger partial charge is 0.356 e. The van der Waals surface area contributed by atoms with Gasteiger partial charge in [-0.15, -0.1) is 0 Å². The number of amides is 1. The van der Waals surface area contributed by atoms with E-state index in [1.165, 1.54) is 12.8 Å². The topological polar surface area (TPSA) is 75.1 Å². The molecule has 2 N–H and O–H groups in total. The number of aromatic nitrogens is 3. The number of para-hydroxylation sites is 1. The van der Waals surface area contributed by atoms with Crippen LogP contribution < -0.4 is 15.5 Å². The number of rotatable bonds is 6. The van der Waals surface area contributed by atoms with E-state index in [1.807, 2.05) is 78.4 Å². The zero-order valence-electron chi connectivity index (χ0n) is 18.1. The van der Waals surface area contributed by atoms with Crippen molar-refractivity contribution in [1.29, 1.82) is 0 Å². The summed E-state index contributed by atoms with van der Waals surface area (Å²) in [5.41, 5.74) is 3.61. The second-order valence-electron chi connectivity index (χ2n) is 8.14. The average molecular weight is 427 g/mol. The Bertz CT molecular complexity index is 1240. The number of carbonyl (C=O) groups is 1. The van der Waals surface area contributed by atoms with Crippen LogP contribution in [-0.4, -0.2) is 33.5 Å². The Hall–Kier alpha value is -3.87. The molecule has 32 heavy (non-hydrogen) atoms. The molecule has 0 atom stereocenters. The van der Waals surface area contributed by atoms with Crippen molar-refractivity contribution in [2.24, 2.45) is 0 Å². The van der Waals surface area contributed by atoms with Gasteiger partial charge >= 0.3 is 0 Å². The Balaban J connectivity index is 1.23. The lowest BCUT2D eigenvalue weighted by molar-refractivity contribution is -0.116. The van der Waals surface area contributed by atoms with Gasteiger partial charge in [0.15, 0.2) is 0 Å². The summed E-state index contributed by atoms with van der Waals surface area (Å²) in [6, 6.07) is 19.7. The molecule has 2 aromatic heterocycles. The second kappa shape index (κ2) is 8.70. The van der Waals surface area contributed by atoms with Crippen LogP contribution in [0.15, 0.2) is 66.9 Å². The Morgan fingerprint density at radius 3 is 2.53 bits per heavy atom. The maximum absolute atomic E-state index is 12.5. The van der Waals surface area contributed by atoms with Crippen LogP contribution in [0, 0.1) is 6.92 Å². The number of carbonyl (C=O) groups excluding carboxylic acids is 1. The summed E-state index contributed by atoms with van der Waals surface area (Å²) in [6.45, 7) is 4.34. The lowest BCUT2D eigenvalue weighted by atomic mass is 10.2. The van der Waals surface area contributed by atoms with Crippen LogP contribution in [0.2, 0.25) is 0 Å². The van der Waals surface area contributed by atoms with Crippen LogP contribution in [0.3, 0.4) is 0 Å². The SMILES string of the molecule is Cc1cc(N2CCCC2)nc(Nc2ccc(NC(=O)Cn3ccc4ccccc43)cc2)n1.